The Balaban J connectivity index is 1.10. The van der Waals surface area contributed by atoms with E-state index in [-0.39, 0.29) is 35.9 Å². The van der Waals surface area contributed by atoms with Crippen LogP contribution in [0.25, 0.3) is 0 Å². The van der Waals surface area contributed by atoms with Gasteiger partial charge in [0.1, 0.15) is 17.6 Å². The van der Waals surface area contributed by atoms with Crippen molar-refractivity contribution in [2.45, 2.75) is 70.4 Å². The highest BCUT2D eigenvalue weighted by Crippen LogP contribution is 2.60. The van der Waals surface area contributed by atoms with Crippen LogP contribution in [0.2, 0.25) is 0 Å². The average Bonchev–Trinajstić information content (AvgIpc) is 3.27. The van der Waals surface area contributed by atoms with Gasteiger partial charge in [-0.25, -0.2) is 4.39 Å². The lowest BCUT2D eigenvalue weighted by molar-refractivity contribution is -0.160. The van der Waals surface area contributed by atoms with E-state index >= 15 is 0 Å². The van der Waals surface area contributed by atoms with Crippen LogP contribution in [0.3, 0.4) is 0 Å². The molecule has 7 heteroatoms. The van der Waals surface area contributed by atoms with Gasteiger partial charge in [-0.3, -0.25) is 9.59 Å². The first-order valence-electron chi connectivity index (χ1n) is 12.6. The first-order chi connectivity index (χ1) is 16.0. The molecule has 2 aliphatic heterocycles. The number of fused-ring (bicyclic) bond motifs is 1. The molecule has 2 amide bonds. The van der Waals surface area contributed by atoms with Crippen molar-refractivity contribution in [3.63, 3.8) is 0 Å². The van der Waals surface area contributed by atoms with Crippen molar-refractivity contribution in [1.82, 2.24) is 10.2 Å². The van der Waals surface area contributed by atoms with Gasteiger partial charge in [-0.05, 0) is 93.2 Å². The topological polar surface area (TPSA) is 67.9 Å². The van der Waals surface area contributed by atoms with E-state index in [0.29, 0.717) is 55.2 Å². The van der Waals surface area contributed by atoms with Gasteiger partial charge in [0.25, 0.3) is 0 Å². The number of nitrogens with one attached hydrogen (secondary N) is 1. The standard InChI is InChI=1S/C26H33FN2O4/c27-21-9-19(23-20(10-21)14-32-15-33-23)3-4-28-24(30)22-2-1-5-29(22)25(31)26-11-16-6-17(12-26)8-18(7-16)13-26/h9-10,16-18,22H,1-8,11-15H2,(H,28,30). The van der Waals surface area contributed by atoms with Gasteiger partial charge in [0, 0.05) is 18.7 Å². The lowest BCUT2D eigenvalue weighted by atomic mass is 9.49. The van der Waals surface area contributed by atoms with Gasteiger partial charge in [-0.15, -0.1) is 0 Å². The van der Waals surface area contributed by atoms with Crippen LogP contribution >= 0.6 is 0 Å². The van der Waals surface area contributed by atoms with Gasteiger partial charge in [-0.1, -0.05) is 0 Å². The molecule has 1 aromatic rings. The number of likely N-dealkylation sites (tertiary alicyclic amines) is 1. The third kappa shape index (κ3) is 3.82. The molecule has 0 spiro atoms. The molecule has 7 rings (SSSR count). The molecule has 1 saturated heterocycles. The number of carbonyl (C=O) groups is 2. The Morgan fingerprint density at radius 3 is 2.58 bits per heavy atom. The molecule has 1 unspecified atom stereocenters. The predicted molar refractivity (Wildman–Crippen MR) is 119 cm³/mol. The summed E-state index contributed by atoms with van der Waals surface area (Å²) in [6.07, 6.45) is 9.05. The van der Waals surface area contributed by atoms with Crippen molar-refractivity contribution in [2.24, 2.45) is 23.2 Å². The van der Waals surface area contributed by atoms with Crippen molar-refractivity contribution < 1.29 is 23.5 Å². The second kappa shape index (κ2) is 8.26. The van der Waals surface area contributed by atoms with Gasteiger partial charge in [0.05, 0.1) is 12.0 Å². The van der Waals surface area contributed by atoms with Crippen LogP contribution in [0, 0.1) is 29.0 Å². The number of hydrogen-bond donors (Lipinski definition) is 1. The SMILES string of the molecule is O=C(NCCc1cc(F)cc2c1OCOC2)C1CCCN1C(=O)C12CC3CC(CC(C3)C1)C2. The third-order valence-corrected chi connectivity index (χ3v) is 8.75. The summed E-state index contributed by atoms with van der Waals surface area (Å²) in [4.78, 5) is 28.8. The number of ether oxygens (including phenoxy) is 2. The van der Waals surface area contributed by atoms with E-state index in [4.69, 9.17) is 9.47 Å². The first-order valence-corrected chi connectivity index (χ1v) is 12.6. The Kier molecular flexibility index (Phi) is 5.35. The van der Waals surface area contributed by atoms with Crippen LogP contribution in [0.5, 0.6) is 5.75 Å². The molecule has 4 saturated carbocycles. The summed E-state index contributed by atoms with van der Waals surface area (Å²) < 4.78 is 24.8. The van der Waals surface area contributed by atoms with Crippen LogP contribution in [0.1, 0.15) is 62.5 Å². The highest BCUT2D eigenvalue weighted by molar-refractivity contribution is 5.91. The highest BCUT2D eigenvalue weighted by Gasteiger charge is 2.56. The Morgan fingerprint density at radius 1 is 1.12 bits per heavy atom. The quantitative estimate of drug-likeness (QED) is 0.736. The van der Waals surface area contributed by atoms with Gasteiger partial charge in [-0.2, -0.15) is 0 Å². The van der Waals surface area contributed by atoms with Gasteiger partial charge in [0.2, 0.25) is 11.8 Å². The number of hydrogen-bond acceptors (Lipinski definition) is 4. The highest BCUT2D eigenvalue weighted by atomic mass is 19.1. The fourth-order valence-electron chi connectivity index (χ4n) is 7.84. The average molecular weight is 457 g/mol. The molecular formula is C26H33FN2O4. The number of benzene rings is 1. The number of halogens is 1. The Morgan fingerprint density at radius 2 is 1.85 bits per heavy atom. The van der Waals surface area contributed by atoms with E-state index in [0.717, 1.165) is 37.7 Å². The number of rotatable bonds is 5. The van der Waals surface area contributed by atoms with E-state index < -0.39 is 0 Å². The largest absolute Gasteiger partial charge is 0.467 e. The van der Waals surface area contributed by atoms with Crippen molar-refractivity contribution in [3.8, 4) is 5.75 Å². The predicted octanol–water partition coefficient (Wildman–Crippen LogP) is 3.56. The van der Waals surface area contributed by atoms with Crippen LogP contribution in [0.4, 0.5) is 4.39 Å². The molecule has 0 aromatic heterocycles. The summed E-state index contributed by atoms with van der Waals surface area (Å²) in [6, 6.07) is 2.52. The summed E-state index contributed by atoms with van der Waals surface area (Å²) in [7, 11) is 0. The van der Waals surface area contributed by atoms with Gasteiger partial charge >= 0.3 is 0 Å². The van der Waals surface area contributed by atoms with Crippen molar-refractivity contribution in [3.05, 3.63) is 29.1 Å². The minimum Gasteiger partial charge on any atom is -0.467 e. The van der Waals surface area contributed by atoms with E-state index in [1.165, 1.54) is 31.4 Å². The maximum absolute atomic E-state index is 14.0. The summed E-state index contributed by atoms with van der Waals surface area (Å²) in [5, 5.41) is 3.02. The van der Waals surface area contributed by atoms with Crippen molar-refractivity contribution in [1.29, 1.82) is 0 Å². The molecule has 6 aliphatic rings. The maximum atomic E-state index is 14.0. The molecule has 1 atom stereocenters. The second-order valence-corrected chi connectivity index (χ2v) is 11.1. The second-order valence-electron chi connectivity index (χ2n) is 11.1. The van der Waals surface area contributed by atoms with Gasteiger partial charge in [0.15, 0.2) is 6.79 Å². The Bertz CT molecular complexity index is 929. The number of nitrogens with zero attached hydrogens (tertiary/aromatic N) is 1. The maximum Gasteiger partial charge on any atom is 0.242 e. The van der Waals surface area contributed by atoms with E-state index in [9.17, 15) is 14.0 Å². The smallest absolute Gasteiger partial charge is 0.242 e. The molecule has 6 nitrogen and oxygen atoms in total. The van der Waals surface area contributed by atoms with Crippen LogP contribution in [-0.2, 0) is 27.4 Å². The minimum atomic E-state index is -0.378. The zero-order valence-electron chi connectivity index (χ0n) is 19.1. The lowest BCUT2D eigenvalue weighted by Gasteiger charge is -2.56. The molecule has 5 fully saturated rings. The molecule has 2 heterocycles. The molecular weight excluding hydrogens is 423 g/mol. The lowest BCUT2D eigenvalue weighted by Crippen LogP contribution is -2.57. The minimum absolute atomic E-state index is 0.0832. The fraction of sp³-hybridized carbons (Fsp3) is 0.692. The van der Waals surface area contributed by atoms with Crippen LogP contribution < -0.4 is 10.1 Å². The summed E-state index contributed by atoms with van der Waals surface area (Å²) in [5.41, 5.74) is 1.23. The number of amides is 2. The zero-order chi connectivity index (χ0) is 22.6. The van der Waals surface area contributed by atoms with E-state index in [2.05, 4.69) is 5.32 Å². The van der Waals surface area contributed by atoms with E-state index in [1.807, 2.05) is 4.90 Å². The van der Waals surface area contributed by atoms with Crippen LogP contribution in [-0.4, -0.2) is 42.6 Å². The Labute approximate surface area is 194 Å². The van der Waals surface area contributed by atoms with Crippen LogP contribution in [0.15, 0.2) is 12.1 Å². The van der Waals surface area contributed by atoms with E-state index in [1.54, 1.807) is 0 Å². The third-order valence-electron chi connectivity index (χ3n) is 8.75. The van der Waals surface area contributed by atoms with Crippen molar-refractivity contribution >= 4 is 11.8 Å². The van der Waals surface area contributed by atoms with Gasteiger partial charge < -0.3 is 19.7 Å². The number of carbonyl (C=O) groups excluding carboxylic acids is 2. The molecule has 4 bridgehead atoms. The first kappa shape index (κ1) is 21.4. The zero-order valence-corrected chi connectivity index (χ0v) is 19.1. The summed E-state index contributed by atoms with van der Waals surface area (Å²) in [6.45, 7) is 1.55. The summed E-state index contributed by atoms with van der Waals surface area (Å²) in [5.74, 6) is 2.62. The summed E-state index contributed by atoms with van der Waals surface area (Å²) >= 11 is 0. The monoisotopic (exact) mass is 456 g/mol. The normalized spacial score (nSPS) is 34.2. The fourth-order valence-corrected chi connectivity index (χ4v) is 7.84. The molecule has 4 aliphatic carbocycles. The molecule has 0 radical (unpaired) electrons. The van der Waals surface area contributed by atoms with Crippen molar-refractivity contribution in [2.75, 3.05) is 19.9 Å². The molecule has 1 aromatic carbocycles. The molecule has 33 heavy (non-hydrogen) atoms. The molecule has 178 valence electrons. The molecule has 1 N–H and O–H groups in total. The Hall–Kier alpha value is -2.15.